The maximum absolute atomic E-state index is 13.3. The predicted octanol–water partition coefficient (Wildman–Crippen LogP) is 6.26. The van der Waals surface area contributed by atoms with Crippen molar-refractivity contribution in [3.63, 3.8) is 0 Å². The number of amides is 2. The summed E-state index contributed by atoms with van der Waals surface area (Å²) in [6, 6.07) is 0. The number of carbonyl (C=O) groups excluding carboxylic acids is 4. The number of esters is 1. The highest BCUT2D eigenvalue weighted by Crippen LogP contribution is 2.26. The lowest BCUT2D eigenvalue weighted by atomic mass is 9.82. The molecular weight excluding hydrogens is 536 g/mol. The van der Waals surface area contributed by atoms with E-state index in [1.807, 2.05) is 65.0 Å². The van der Waals surface area contributed by atoms with E-state index in [4.69, 9.17) is 25.7 Å². The fourth-order valence-electron chi connectivity index (χ4n) is 4.88. The summed E-state index contributed by atoms with van der Waals surface area (Å²) >= 11 is 0. The number of Topliss-reactive ketones (excluding diaryl/α,β-unsaturated/α-hetero) is 1. The topological polar surface area (TPSA) is 148 Å². The van der Waals surface area contributed by atoms with Gasteiger partial charge in [0.2, 0.25) is 0 Å². The van der Waals surface area contributed by atoms with Gasteiger partial charge in [-0.1, -0.05) is 80.9 Å². The Balaban J connectivity index is 2.75. The van der Waals surface area contributed by atoms with E-state index in [-0.39, 0.29) is 30.4 Å². The third kappa shape index (κ3) is 14.7. The number of carbonyl (C=O) groups is 4. The average molecular weight is 585 g/mol. The molecule has 0 saturated carbocycles. The number of primary amides is 2. The first-order chi connectivity index (χ1) is 19.7. The van der Waals surface area contributed by atoms with E-state index >= 15 is 0 Å². The summed E-state index contributed by atoms with van der Waals surface area (Å²) in [6.07, 6.45) is 16.3. The lowest BCUT2D eigenvalue weighted by Crippen LogP contribution is -2.39. The molecule has 1 heterocycles. The van der Waals surface area contributed by atoms with Crippen molar-refractivity contribution in [3.8, 4) is 0 Å². The van der Waals surface area contributed by atoms with Crippen molar-refractivity contribution >= 4 is 23.9 Å². The molecule has 0 radical (unpaired) electrons. The normalized spacial score (nSPS) is 20.1. The quantitative estimate of drug-likeness (QED) is 0.0941. The zero-order chi connectivity index (χ0) is 31.8. The van der Waals surface area contributed by atoms with E-state index in [1.54, 1.807) is 13.0 Å². The minimum absolute atomic E-state index is 0.0427. The first-order valence-corrected chi connectivity index (χ1v) is 14.4. The number of ether oxygens (including phenoxy) is 3. The van der Waals surface area contributed by atoms with Gasteiger partial charge in [-0.3, -0.25) is 4.79 Å². The fourth-order valence-corrected chi connectivity index (χ4v) is 4.88. The van der Waals surface area contributed by atoms with E-state index in [0.29, 0.717) is 18.8 Å². The Morgan fingerprint density at radius 1 is 1.02 bits per heavy atom. The van der Waals surface area contributed by atoms with Crippen LogP contribution in [0.25, 0.3) is 0 Å². The van der Waals surface area contributed by atoms with Gasteiger partial charge in [0.1, 0.15) is 24.6 Å². The number of hydrogen-bond acceptors (Lipinski definition) is 7. The molecule has 0 aromatic rings. The second-order valence-corrected chi connectivity index (χ2v) is 11.2. The van der Waals surface area contributed by atoms with Crippen LogP contribution >= 0.6 is 0 Å². The zero-order valence-electron chi connectivity index (χ0n) is 26.0. The summed E-state index contributed by atoms with van der Waals surface area (Å²) in [5, 5.41) is 0. The molecule has 0 aromatic heterocycles. The molecule has 0 unspecified atom stereocenters. The third-order valence-corrected chi connectivity index (χ3v) is 6.92. The van der Waals surface area contributed by atoms with Gasteiger partial charge in [0.25, 0.3) is 0 Å². The van der Waals surface area contributed by atoms with Gasteiger partial charge in [-0.2, -0.15) is 0 Å². The molecule has 1 rings (SSSR count). The Labute approximate surface area is 250 Å². The summed E-state index contributed by atoms with van der Waals surface area (Å²) in [5.74, 6) is -1.27. The van der Waals surface area contributed by atoms with Gasteiger partial charge in [-0.05, 0) is 57.6 Å². The Morgan fingerprint density at radius 2 is 1.69 bits per heavy atom. The van der Waals surface area contributed by atoms with Crippen LogP contribution < -0.4 is 11.5 Å². The SMILES string of the molecule is CC(=C/[C@H](C)C/C=C/C(C)=C/[C@@H](C)C(=O)[C@@H](C)[C@H](OC(N)=O)[C@@H](C)C/C(C)=C/COC(N)=O)/C=C/[C@H]1CC=CC(=O)O1. The van der Waals surface area contributed by atoms with Crippen molar-refractivity contribution in [3.05, 3.63) is 71.4 Å². The van der Waals surface area contributed by atoms with Crippen LogP contribution in [-0.4, -0.2) is 42.8 Å². The number of hydrogen-bond donors (Lipinski definition) is 2. The summed E-state index contributed by atoms with van der Waals surface area (Å²) in [6.45, 7) is 13.4. The van der Waals surface area contributed by atoms with Crippen LogP contribution in [0, 0.1) is 23.7 Å². The first-order valence-electron chi connectivity index (χ1n) is 14.4. The van der Waals surface area contributed by atoms with Crippen LogP contribution in [0.3, 0.4) is 0 Å². The lowest BCUT2D eigenvalue weighted by Gasteiger charge is -2.29. The molecule has 0 aromatic carbocycles. The summed E-state index contributed by atoms with van der Waals surface area (Å²) in [5.41, 5.74) is 13.3. The molecule has 0 bridgehead atoms. The summed E-state index contributed by atoms with van der Waals surface area (Å²) < 4.78 is 15.4. The molecule has 9 nitrogen and oxygen atoms in total. The van der Waals surface area contributed by atoms with Gasteiger partial charge in [0.05, 0.1) is 5.92 Å². The van der Waals surface area contributed by atoms with Crippen LogP contribution in [0.5, 0.6) is 0 Å². The second kappa shape index (κ2) is 18.5. The number of allylic oxidation sites excluding steroid dienone is 8. The maximum Gasteiger partial charge on any atom is 0.404 e. The van der Waals surface area contributed by atoms with Crippen LogP contribution in [0.15, 0.2) is 71.4 Å². The van der Waals surface area contributed by atoms with Gasteiger partial charge in [-0.25, -0.2) is 14.4 Å². The highest BCUT2D eigenvalue weighted by molar-refractivity contribution is 5.85. The van der Waals surface area contributed by atoms with E-state index in [1.165, 1.54) is 6.08 Å². The minimum Gasteiger partial charge on any atom is -0.455 e. The van der Waals surface area contributed by atoms with Crippen molar-refractivity contribution in [1.29, 1.82) is 0 Å². The van der Waals surface area contributed by atoms with Gasteiger partial charge in [0.15, 0.2) is 0 Å². The van der Waals surface area contributed by atoms with Crippen LogP contribution in [0.2, 0.25) is 0 Å². The Bertz CT molecular complexity index is 1130. The molecular formula is C33H48N2O7. The van der Waals surface area contributed by atoms with E-state index in [9.17, 15) is 19.2 Å². The molecule has 232 valence electrons. The highest BCUT2D eigenvalue weighted by atomic mass is 16.6. The molecule has 2 amide bonds. The standard InChI is InChI=1S/C33H48N2O7/c1-21(18-23(3)14-15-28-12-9-13-29(36)41-28)10-8-11-22(2)19-25(5)30(37)27(7)31(42-33(35)39)26(6)20-24(4)16-17-40-32(34)38/h8-9,11,13-16,18-19,21,25-28,31H,10,12,17,20H2,1-7H3,(H2,34,38)(H2,35,39)/b11-8+,15-14+,22-19+,23-18-,24-16+/t21-,25-,26+,27-,28-,31-/m1/s1. The average Bonchev–Trinajstić information content (AvgIpc) is 2.89. The van der Waals surface area contributed by atoms with Crippen LogP contribution in [-0.2, 0) is 23.8 Å². The Hall–Kier alpha value is -3.88. The van der Waals surface area contributed by atoms with Gasteiger partial charge >= 0.3 is 18.2 Å². The first kappa shape index (κ1) is 36.1. The highest BCUT2D eigenvalue weighted by Gasteiger charge is 2.33. The molecule has 0 aliphatic carbocycles. The summed E-state index contributed by atoms with van der Waals surface area (Å²) in [7, 11) is 0. The second-order valence-electron chi connectivity index (χ2n) is 11.2. The molecule has 1 aliphatic rings. The van der Waals surface area contributed by atoms with Crippen molar-refractivity contribution in [1.82, 2.24) is 0 Å². The Kier molecular flexibility index (Phi) is 15.9. The molecule has 0 saturated heterocycles. The molecule has 4 N–H and O–H groups in total. The van der Waals surface area contributed by atoms with E-state index in [2.05, 4.69) is 19.1 Å². The predicted molar refractivity (Wildman–Crippen MR) is 164 cm³/mol. The third-order valence-electron chi connectivity index (χ3n) is 6.92. The van der Waals surface area contributed by atoms with Crippen LogP contribution in [0.4, 0.5) is 9.59 Å². The van der Waals surface area contributed by atoms with Gasteiger partial charge in [-0.15, -0.1) is 0 Å². The van der Waals surface area contributed by atoms with Crippen LogP contribution in [0.1, 0.15) is 67.7 Å². The smallest absolute Gasteiger partial charge is 0.404 e. The molecule has 1 aliphatic heterocycles. The van der Waals surface area contributed by atoms with E-state index < -0.39 is 30.1 Å². The van der Waals surface area contributed by atoms with Crippen molar-refractivity contribution in [2.75, 3.05) is 6.61 Å². The Morgan fingerprint density at radius 3 is 2.31 bits per heavy atom. The number of cyclic esters (lactones) is 1. The van der Waals surface area contributed by atoms with E-state index in [0.717, 1.165) is 23.1 Å². The lowest BCUT2D eigenvalue weighted by molar-refractivity contribution is -0.141. The molecule has 6 atom stereocenters. The molecule has 0 spiro atoms. The van der Waals surface area contributed by atoms with Crippen molar-refractivity contribution in [2.24, 2.45) is 35.1 Å². The number of nitrogens with two attached hydrogens (primary N) is 2. The maximum atomic E-state index is 13.3. The number of ketones is 1. The monoisotopic (exact) mass is 584 g/mol. The number of rotatable bonds is 16. The van der Waals surface area contributed by atoms with Crippen molar-refractivity contribution in [2.45, 2.75) is 79.9 Å². The largest absolute Gasteiger partial charge is 0.455 e. The van der Waals surface area contributed by atoms with Gasteiger partial charge < -0.3 is 25.7 Å². The molecule has 9 heteroatoms. The zero-order valence-corrected chi connectivity index (χ0v) is 26.0. The molecule has 42 heavy (non-hydrogen) atoms. The minimum atomic E-state index is -0.934. The summed E-state index contributed by atoms with van der Waals surface area (Å²) in [4.78, 5) is 47.1. The fraction of sp³-hybridized carbons (Fsp3) is 0.515. The molecule has 0 fully saturated rings. The van der Waals surface area contributed by atoms with Gasteiger partial charge in [0, 0.05) is 18.4 Å². The van der Waals surface area contributed by atoms with Crippen molar-refractivity contribution < 1.29 is 33.4 Å².